The topological polar surface area (TPSA) is 74.5 Å². The van der Waals surface area contributed by atoms with Gasteiger partial charge in [0.25, 0.3) is 0 Å². The fourth-order valence-electron chi connectivity index (χ4n) is 2.93. The van der Waals surface area contributed by atoms with Crippen molar-refractivity contribution in [2.75, 3.05) is 36.4 Å². The Hall–Kier alpha value is -3.35. The molecule has 0 atom stereocenters. The largest absolute Gasteiger partial charge is 0.449 e. The number of hydrogen-bond donors (Lipinski definition) is 1. The normalized spacial score (nSPS) is 14.3. The van der Waals surface area contributed by atoms with Gasteiger partial charge in [0.05, 0.1) is 12.0 Å². The molecule has 7 nitrogen and oxygen atoms in total. The number of hydrogen-bond acceptors (Lipinski definition) is 5. The van der Waals surface area contributed by atoms with Crippen LogP contribution < -0.4 is 10.2 Å². The van der Waals surface area contributed by atoms with Crippen molar-refractivity contribution in [2.24, 2.45) is 0 Å². The third-order valence-corrected chi connectivity index (χ3v) is 4.36. The predicted octanol–water partition coefficient (Wildman–Crippen LogP) is 3.09. The van der Waals surface area contributed by atoms with E-state index in [4.69, 9.17) is 4.42 Å². The number of amides is 2. The van der Waals surface area contributed by atoms with E-state index < -0.39 is 0 Å². The number of furan rings is 1. The van der Waals surface area contributed by atoms with Crippen LogP contribution in [0, 0.1) is 0 Å². The summed E-state index contributed by atoms with van der Waals surface area (Å²) in [5, 5.41) is 11.4. The summed E-state index contributed by atoms with van der Waals surface area (Å²) in [6, 6.07) is 17.2. The van der Waals surface area contributed by atoms with Crippen LogP contribution in [0.2, 0.25) is 0 Å². The van der Waals surface area contributed by atoms with E-state index in [-0.39, 0.29) is 6.03 Å². The van der Waals surface area contributed by atoms with Crippen molar-refractivity contribution in [3.63, 3.8) is 0 Å². The van der Waals surface area contributed by atoms with E-state index in [1.165, 1.54) is 6.26 Å². The molecule has 7 heteroatoms. The van der Waals surface area contributed by atoms with Crippen molar-refractivity contribution >= 4 is 17.7 Å². The highest BCUT2D eigenvalue weighted by molar-refractivity contribution is 5.88. The van der Waals surface area contributed by atoms with E-state index in [1.807, 2.05) is 42.5 Å². The Morgan fingerprint density at radius 2 is 1.73 bits per heavy atom. The van der Waals surface area contributed by atoms with E-state index in [2.05, 4.69) is 20.4 Å². The summed E-state index contributed by atoms with van der Waals surface area (Å²) in [5.41, 5.74) is 1.90. The second kappa shape index (κ2) is 7.26. The Labute approximate surface area is 151 Å². The second-order valence-electron chi connectivity index (χ2n) is 6.02. The Balaban J connectivity index is 1.35. The minimum absolute atomic E-state index is 0.148. The number of aromatic nitrogens is 2. The molecule has 0 bridgehead atoms. The molecule has 0 saturated carbocycles. The molecule has 1 fully saturated rings. The summed E-state index contributed by atoms with van der Waals surface area (Å²) >= 11 is 0. The van der Waals surface area contributed by atoms with Crippen molar-refractivity contribution in [3.05, 3.63) is 60.9 Å². The highest BCUT2D eigenvalue weighted by atomic mass is 16.3. The first kappa shape index (κ1) is 16.1. The van der Waals surface area contributed by atoms with Crippen LogP contribution in [0.5, 0.6) is 0 Å². The predicted molar refractivity (Wildman–Crippen MR) is 99.0 cm³/mol. The zero-order chi connectivity index (χ0) is 17.8. The maximum atomic E-state index is 12.2. The first-order chi connectivity index (χ1) is 12.8. The van der Waals surface area contributed by atoms with Crippen LogP contribution in [0.4, 0.5) is 16.5 Å². The lowest BCUT2D eigenvalue weighted by Crippen LogP contribution is -2.50. The Morgan fingerprint density at radius 3 is 2.38 bits per heavy atom. The molecule has 4 rings (SSSR count). The number of carbonyl (C=O) groups excluding carboxylic acids is 1. The monoisotopic (exact) mass is 349 g/mol. The van der Waals surface area contributed by atoms with E-state index in [1.54, 1.807) is 17.0 Å². The molecule has 0 unspecified atom stereocenters. The Bertz CT molecular complexity index is 841. The molecule has 1 N–H and O–H groups in total. The minimum atomic E-state index is -0.148. The summed E-state index contributed by atoms with van der Waals surface area (Å²) in [6.45, 7) is 2.67. The molecule has 1 aromatic carbocycles. The molecule has 3 aromatic rings. The van der Waals surface area contributed by atoms with E-state index in [0.29, 0.717) is 32.1 Å². The van der Waals surface area contributed by atoms with E-state index in [9.17, 15) is 4.79 Å². The first-order valence-electron chi connectivity index (χ1n) is 8.53. The number of anilines is 2. The molecule has 0 radical (unpaired) electrons. The summed E-state index contributed by atoms with van der Waals surface area (Å²) in [4.78, 5) is 16.1. The first-order valence-corrected chi connectivity index (χ1v) is 8.53. The molecule has 1 aliphatic rings. The van der Waals surface area contributed by atoms with Crippen LogP contribution in [0.3, 0.4) is 0 Å². The van der Waals surface area contributed by atoms with Crippen LogP contribution in [-0.4, -0.2) is 47.3 Å². The van der Waals surface area contributed by atoms with Crippen LogP contribution in [0.15, 0.2) is 65.3 Å². The number of carbonyl (C=O) groups is 1. The van der Waals surface area contributed by atoms with Gasteiger partial charge in [-0.05, 0) is 18.2 Å². The molecule has 2 amide bonds. The Morgan fingerprint density at radius 1 is 0.923 bits per heavy atom. The van der Waals surface area contributed by atoms with Gasteiger partial charge >= 0.3 is 6.03 Å². The van der Waals surface area contributed by atoms with Crippen LogP contribution >= 0.6 is 0 Å². The van der Waals surface area contributed by atoms with Crippen molar-refractivity contribution < 1.29 is 9.21 Å². The number of nitrogens with one attached hydrogen (secondary N) is 1. The van der Waals surface area contributed by atoms with Crippen molar-refractivity contribution in [1.82, 2.24) is 15.1 Å². The minimum Gasteiger partial charge on any atom is -0.449 e. The van der Waals surface area contributed by atoms with Gasteiger partial charge in [-0.1, -0.05) is 30.3 Å². The smallest absolute Gasteiger partial charge is 0.324 e. The van der Waals surface area contributed by atoms with Gasteiger partial charge in [-0.2, -0.15) is 0 Å². The van der Waals surface area contributed by atoms with Crippen molar-refractivity contribution in [3.8, 4) is 11.3 Å². The molecule has 26 heavy (non-hydrogen) atoms. The van der Waals surface area contributed by atoms with Gasteiger partial charge in [0.15, 0.2) is 5.82 Å². The third kappa shape index (κ3) is 3.51. The standard InChI is InChI=1S/C19H19N5O2/c25-19(20-18-7-4-14-26-18)24-12-10-23(11-13-24)17-9-8-16(21-22-17)15-5-2-1-3-6-15/h1-9,14H,10-13H2,(H,20,25). The van der Waals surface area contributed by atoms with Gasteiger partial charge in [-0.25, -0.2) is 4.79 Å². The molecule has 0 spiro atoms. The molecule has 0 aliphatic carbocycles. The number of piperazine rings is 1. The van der Waals surface area contributed by atoms with Gasteiger partial charge in [0.2, 0.25) is 5.88 Å². The van der Waals surface area contributed by atoms with Crippen LogP contribution in [-0.2, 0) is 0 Å². The molecule has 1 aliphatic heterocycles. The number of nitrogens with zero attached hydrogens (tertiary/aromatic N) is 4. The molecular formula is C19H19N5O2. The van der Waals surface area contributed by atoms with Gasteiger partial charge in [0, 0.05) is 37.8 Å². The van der Waals surface area contributed by atoms with Crippen molar-refractivity contribution in [2.45, 2.75) is 0 Å². The quantitative estimate of drug-likeness (QED) is 0.786. The van der Waals surface area contributed by atoms with Gasteiger partial charge in [-0.3, -0.25) is 5.32 Å². The zero-order valence-electron chi connectivity index (χ0n) is 14.2. The second-order valence-corrected chi connectivity index (χ2v) is 6.02. The molecule has 3 heterocycles. The maximum Gasteiger partial charge on any atom is 0.324 e. The number of rotatable bonds is 3. The molecular weight excluding hydrogens is 330 g/mol. The maximum absolute atomic E-state index is 12.2. The fraction of sp³-hybridized carbons (Fsp3) is 0.211. The summed E-state index contributed by atoms with van der Waals surface area (Å²) in [6.07, 6.45) is 1.53. The van der Waals surface area contributed by atoms with E-state index >= 15 is 0 Å². The highest BCUT2D eigenvalue weighted by Gasteiger charge is 2.22. The molecule has 132 valence electrons. The van der Waals surface area contributed by atoms with Crippen LogP contribution in [0.1, 0.15) is 0 Å². The third-order valence-electron chi connectivity index (χ3n) is 4.36. The molecule has 2 aromatic heterocycles. The highest BCUT2D eigenvalue weighted by Crippen LogP contribution is 2.19. The SMILES string of the molecule is O=C(Nc1ccco1)N1CCN(c2ccc(-c3ccccc3)nn2)CC1. The lowest BCUT2D eigenvalue weighted by atomic mass is 10.1. The van der Waals surface area contributed by atoms with E-state index in [0.717, 1.165) is 17.1 Å². The number of urea groups is 1. The zero-order valence-corrected chi connectivity index (χ0v) is 14.2. The summed E-state index contributed by atoms with van der Waals surface area (Å²) in [7, 11) is 0. The van der Waals surface area contributed by atoms with Crippen molar-refractivity contribution in [1.29, 1.82) is 0 Å². The summed E-state index contributed by atoms with van der Waals surface area (Å²) in [5.74, 6) is 1.29. The van der Waals surface area contributed by atoms with Gasteiger partial charge in [-0.15, -0.1) is 10.2 Å². The summed E-state index contributed by atoms with van der Waals surface area (Å²) < 4.78 is 5.15. The number of benzene rings is 1. The van der Waals surface area contributed by atoms with Crippen LogP contribution in [0.25, 0.3) is 11.3 Å². The lowest BCUT2D eigenvalue weighted by Gasteiger charge is -2.34. The molecule has 1 saturated heterocycles. The average Bonchev–Trinajstić information content (AvgIpc) is 3.22. The lowest BCUT2D eigenvalue weighted by molar-refractivity contribution is 0.207. The Kier molecular flexibility index (Phi) is 4.51. The average molecular weight is 349 g/mol. The fourth-order valence-corrected chi connectivity index (χ4v) is 2.93. The van der Waals surface area contributed by atoms with Gasteiger partial charge < -0.3 is 14.2 Å². The van der Waals surface area contributed by atoms with Gasteiger partial charge in [0.1, 0.15) is 0 Å².